The molecule has 2 aromatic rings. The third kappa shape index (κ3) is 6.41. The van der Waals surface area contributed by atoms with Gasteiger partial charge in [0.15, 0.2) is 30.0 Å². The standard InChI is InChI=1S/C29H38F4O3/c1-4-6-7-9-18-10-12-19(13-11-18)22-16-23(29(36-17-35-3)27(33)26(22)32)28(34)21-15-14-20(8-5-2)24(30)25(21)31/h14-16,18-19,28,34H,4-13,17H2,1-3H3. The average molecular weight is 511 g/mol. The Kier molecular flexibility index (Phi) is 10.6. The van der Waals surface area contributed by atoms with Crippen molar-refractivity contribution >= 4 is 0 Å². The van der Waals surface area contributed by atoms with Crippen molar-refractivity contribution < 1.29 is 32.1 Å². The molecule has 0 saturated heterocycles. The van der Waals surface area contributed by atoms with Crippen molar-refractivity contribution in [3.8, 4) is 5.75 Å². The molecule has 1 unspecified atom stereocenters. The molecule has 3 rings (SSSR count). The summed E-state index contributed by atoms with van der Waals surface area (Å²) in [5.41, 5.74) is -0.163. The van der Waals surface area contributed by atoms with Gasteiger partial charge >= 0.3 is 0 Å². The molecular weight excluding hydrogens is 472 g/mol. The number of hydrogen-bond acceptors (Lipinski definition) is 3. The lowest BCUT2D eigenvalue weighted by Crippen LogP contribution is -2.17. The Morgan fingerprint density at radius 2 is 1.61 bits per heavy atom. The number of aliphatic hydroxyl groups excluding tert-OH is 1. The molecule has 0 amide bonds. The first kappa shape index (κ1) is 28.5. The number of aliphatic hydroxyl groups is 1. The maximum Gasteiger partial charge on any atom is 0.201 e. The highest BCUT2D eigenvalue weighted by atomic mass is 19.2. The quantitative estimate of drug-likeness (QED) is 0.178. The van der Waals surface area contributed by atoms with Gasteiger partial charge in [0, 0.05) is 18.2 Å². The molecule has 1 atom stereocenters. The molecule has 3 nitrogen and oxygen atoms in total. The maximum absolute atomic E-state index is 15.3. The average Bonchev–Trinajstić information content (AvgIpc) is 2.88. The maximum atomic E-state index is 15.3. The van der Waals surface area contributed by atoms with Crippen LogP contribution in [0.25, 0.3) is 0 Å². The number of unbranched alkanes of at least 4 members (excludes halogenated alkanes) is 2. The second-order valence-electron chi connectivity index (χ2n) is 9.87. The van der Waals surface area contributed by atoms with E-state index in [0.29, 0.717) is 31.6 Å². The molecule has 1 fully saturated rings. The second-order valence-corrected chi connectivity index (χ2v) is 9.87. The van der Waals surface area contributed by atoms with Gasteiger partial charge in [-0.2, -0.15) is 4.39 Å². The van der Waals surface area contributed by atoms with Crippen molar-refractivity contribution in [3.05, 3.63) is 63.7 Å². The van der Waals surface area contributed by atoms with Crippen molar-refractivity contribution in [2.24, 2.45) is 5.92 Å². The van der Waals surface area contributed by atoms with Crippen molar-refractivity contribution in [1.82, 2.24) is 0 Å². The lowest BCUT2D eigenvalue weighted by atomic mass is 9.76. The van der Waals surface area contributed by atoms with Gasteiger partial charge in [0.05, 0.1) is 0 Å². The number of benzene rings is 2. The third-order valence-corrected chi connectivity index (χ3v) is 7.34. The van der Waals surface area contributed by atoms with E-state index >= 15 is 8.78 Å². The van der Waals surface area contributed by atoms with E-state index in [4.69, 9.17) is 9.47 Å². The zero-order chi connectivity index (χ0) is 26.2. The summed E-state index contributed by atoms with van der Waals surface area (Å²) in [5, 5.41) is 11.1. The summed E-state index contributed by atoms with van der Waals surface area (Å²) in [6.07, 6.45) is 7.15. The van der Waals surface area contributed by atoms with Gasteiger partial charge in [0.25, 0.3) is 0 Å². The van der Waals surface area contributed by atoms with Crippen LogP contribution in [-0.2, 0) is 11.2 Å². The Bertz CT molecular complexity index is 1000. The lowest BCUT2D eigenvalue weighted by molar-refractivity contribution is 0.0450. The van der Waals surface area contributed by atoms with Gasteiger partial charge in [0.1, 0.15) is 6.10 Å². The summed E-state index contributed by atoms with van der Waals surface area (Å²) in [6.45, 7) is 3.62. The number of ether oxygens (including phenoxy) is 2. The third-order valence-electron chi connectivity index (χ3n) is 7.34. The van der Waals surface area contributed by atoms with E-state index in [0.717, 1.165) is 25.7 Å². The fraction of sp³-hybridized carbons (Fsp3) is 0.586. The Morgan fingerprint density at radius 3 is 2.25 bits per heavy atom. The molecule has 0 radical (unpaired) electrons. The van der Waals surface area contributed by atoms with Crippen molar-refractivity contribution in [3.63, 3.8) is 0 Å². The van der Waals surface area contributed by atoms with Crippen molar-refractivity contribution in [2.45, 2.75) is 90.1 Å². The Balaban J connectivity index is 1.95. The number of hydrogen-bond donors (Lipinski definition) is 1. The molecule has 1 N–H and O–H groups in total. The minimum atomic E-state index is -1.75. The van der Waals surface area contributed by atoms with E-state index in [1.165, 1.54) is 38.2 Å². The molecule has 0 aliphatic heterocycles. The molecular formula is C29H38F4O3. The highest BCUT2D eigenvalue weighted by molar-refractivity contribution is 5.46. The predicted octanol–water partition coefficient (Wildman–Crippen LogP) is 8.11. The normalized spacial score (nSPS) is 18.9. The van der Waals surface area contributed by atoms with Gasteiger partial charge < -0.3 is 14.6 Å². The second kappa shape index (κ2) is 13.4. The lowest BCUT2D eigenvalue weighted by Gasteiger charge is -2.30. The fourth-order valence-electron chi connectivity index (χ4n) is 5.30. The summed E-state index contributed by atoms with van der Waals surface area (Å²) in [4.78, 5) is 0. The van der Waals surface area contributed by atoms with Gasteiger partial charge in [-0.1, -0.05) is 58.1 Å². The molecule has 0 aromatic heterocycles. The van der Waals surface area contributed by atoms with Crippen molar-refractivity contribution in [2.75, 3.05) is 13.9 Å². The van der Waals surface area contributed by atoms with Crippen LogP contribution >= 0.6 is 0 Å². The molecule has 1 saturated carbocycles. The first-order valence-electron chi connectivity index (χ1n) is 13.1. The first-order valence-corrected chi connectivity index (χ1v) is 13.1. The highest BCUT2D eigenvalue weighted by Gasteiger charge is 2.32. The molecule has 0 heterocycles. The summed E-state index contributed by atoms with van der Waals surface area (Å²) in [5.74, 6) is -4.74. The Morgan fingerprint density at radius 1 is 0.889 bits per heavy atom. The SMILES string of the molecule is CCCCCC1CCC(c2cc(C(O)c3ccc(CCC)c(F)c3F)c(OCOC)c(F)c2F)CC1. The number of rotatable bonds is 12. The molecule has 36 heavy (non-hydrogen) atoms. The molecule has 2 aromatic carbocycles. The van der Waals surface area contributed by atoms with Crippen LogP contribution in [-0.4, -0.2) is 19.0 Å². The highest BCUT2D eigenvalue weighted by Crippen LogP contribution is 2.43. The fourth-order valence-corrected chi connectivity index (χ4v) is 5.30. The van der Waals surface area contributed by atoms with E-state index in [9.17, 15) is 13.9 Å². The van der Waals surface area contributed by atoms with Crippen LogP contribution in [0, 0.1) is 29.2 Å². The van der Waals surface area contributed by atoms with E-state index in [1.54, 1.807) is 0 Å². The zero-order valence-electron chi connectivity index (χ0n) is 21.5. The molecule has 0 bridgehead atoms. The van der Waals surface area contributed by atoms with Gasteiger partial charge in [-0.3, -0.25) is 0 Å². The summed E-state index contributed by atoms with van der Waals surface area (Å²) < 4.78 is 70.2. The molecule has 200 valence electrons. The van der Waals surface area contributed by atoms with E-state index in [1.807, 2.05) is 6.92 Å². The van der Waals surface area contributed by atoms with Gasteiger partial charge in [-0.05, 0) is 61.1 Å². The zero-order valence-corrected chi connectivity index (χ0v) is 21.5. The summed E-state index contributed by atoms with van der Waals surface area (Å²) in [6, 6.07) is 4.06. The van der Waals surface area contributed by atoms with Crippen molar-refractivity contribution in [1.29, 1.82) is 0 Å². The largest absolute Gasteiger partial charge is 0.464 e. The van der Waals surface area contributed by atoms with Gasteiger partial charge in [0.2, 0.25) is 5.82 Å². The minimum absolute atomic E-state index is 0.141. The summed E-state index contributed by atoms with van der Waals surface area (Å²) in [7, 11) is 1.32. The number of methoxy groups -OCH3 is 1. The van der Waals surface area contributed by atoms with Gasteiger partial charge in [-0.15, -0.1) is 0 Å². The number of aryl methyl sites for hydroxylation is 1. The van der Waals surface area contributed by atoms with Crippen LogP contribution in [0.15, 0.2) is 18.2 Å². The van der Waals surface area contributed by atoms with Crippen LogP contribution in [0.2, 0.25) is 0 Å². The molecule has 0 spiro atoms. The monoisotopic (exact) mass is 510 g/mol. The predicted molar refractivity (Wildman–Crippen MR) is 132 cm³/mol. The number of halogens is 4. The minimum Gasteiger partial charge on any atom is -0.464 e. The van der Waals surface area contributed by atoms with Crippen LogP contribution in [0.3, 0.4) is 0 Å². The van der Waals surface area contributed by atoms with Crippen LogP contribution in [0.4, 0.5) is 17.6 Å². The van der Waals surface area contributed by atoms with E-state index in [-0.39, 0.29) is 28.2 Å². The van der Waals surface area contributed by atoms with Crippen LogP contribution in [0.1, 0.15) is 106 Å². The molecule has 7 heteroatoms. The van der Waals surface area contributed by atoms with Crippen LogP contribution in [0.5, 0.6) is 5.75 Å². The topological polar surface area (TPSA) is 38.7 Å². The van der Waals surface area contributed by atoms with E-state index in [2.05, 4.69) is 6.92 Å². The van der Waals surface area contributed by atoms with Gasteiger partial charge in [-0.25, -0.2) is 13.2 Å². The first-order chi connectivity index (χ1) is 17.3. The van der Waals surface area contributed by atoms with Crippen LogP contribution < -0.4 is 4.74 Å². The summed E-state index contributed by atoms with van der Waals surface area (Å²) >= 11 is 0. The molecule has 1 aliphatic carbocycles. The smallest absolute Gasteiger partial charge is 0.201 e. The Hall–Kier alpha value is -2.12. The van der Waals surface area contributed by atoms with E-state index < -0.39 is 41.9 Å². The molecule has 1 aliphatic rings. The Labute approximate surface area is 211 Å².